The van der Waals surface area contributed by atoms with Gasteiger partial charge in [-0.3, -0.25) is 9.78 Å². The van der Waals surface area contributed by atoms with Crippen LogP contribution in [0.3, 0.4) is 0 Å². The van der Waals surface area contributed by atoms with Gasteiger partial charge in [0.15, 0.2) is 12.1 Å². The van der Waals surface area contributed by atoms with Gasteiger partial charge in [-0.2, -0.15) is 13.2 Å². The largest absolute Gasteiger partial charge is 0.474 e. The number of hydrogen-bond donors (Lipinski definition) is 4. The molecule has 1 aromatic carbocycles. The molecule has 13 heteroatoms. The highest BCUT2D eigenvalue weighted by Crippen LogP contribution is 2.44. The number of halogens is 5. The van der Waals surface area contributed by atoms with Gasteiger partial charge in [0, 0.05) is 37.6 Å². The van der Waals surface area contributed by atoms with E-state index in [-0.39, 0.29) is 18.0 Å². The third kappa shape index (κ3) is 9.07. The highest BCUT2D eigenvalue weighted by atomic mass is 19.4. The van der Waals surface area contributed by atoms with Crippen LogP contribution in [0.1, 0.15) is 60.7 Å². The van der Waals surface area contributed by atoms with Gasteiger partial charge in [-0.15, -0.1) is 0 Å². The summed E-state index contributed by atoms with van der Waals surface area (Å²) in [4.78, 5) is 20.3. The normalized spacial score (nSPS) is 11.9. The van der Waals surface area contributed by atoms with Crippen molar-refractivity contribution in [3.8, 4) is 17.1 Å². The molecule has 0 bridgehead atoms. The zero-order valence-electron chi connectivity index (χ0n) is 25.0. The SMILES string of the molecule is CC.CCC(CCNCCNC)Oc1nc(-c2cc(N)c(F)c(C)c2C(F)(F)F)c(F)c(NCc2cccnc2)c1C=O. The van der Waals surface area contributed by atoms with Crippen molar-refractivity contribution in [3.63, 3.8) is 0 Å². The summed E-state index contributed by atoms with van der Waals surface area (Å²) in [6.45, 7) is 8.70. The standard InChI is InChI=1S/C28H33F5N6O2.C2H6/c1-4-18(7-9-36-11-10-35-3)41-27-20(15-40)25(38-14-17-6-5-8-37-13-17)24(30)26(39-27)19-12-21(34)23(29)16(2)22(19)28(31,32)33;1-2/h5-6,8,12-13,15,18,35-36H,4,7,9-11,14,34H2,1-3H3,(H,38,39);1-2H3. The van der Waals surface area contributed by atoms with E-state index in [0.717, 1.165) is 13.5 Å². The molecule has 0 radical (unpaired) electrons. The average molecular weight is 611 g/mol. The molecule has 236 valence electrons. The minimum absolute atomic E-state index is 0.0161. The van der Waals surface area contributed by atoms with Crippen LogP contribution in [0.25, 0.3) is 11.3 Å². The van der Waals surface area contributed by atoms with E-state index < -0.39 is 57.7 Å². The highest BCUT2D eigenvalue weighted by Gasteiger charge is 2.39. The number of nitrogen functional groups attached to an aromatic ring is 1. The van der Waals surface area contributed by atoms with E-state index in [1.165, 1.54) is 12.4 Å². The van der Waals surface area contributed by atoms with E-state index in [0.29, 0.717) is 43.8 Å². The molecule has 2 aromatic heterocycles. The first-order valence-electron chi connectivity index (χ1n) is 14.0. The van der Waals surface area contributed by atoms with Crippen LogP contribution in [-0.4, -0.2) is 49.0 Å². The first kappa shape index (κ1) is 35.4. The Balaban J connectivity index is 0.00000316. The molecule has 0 fully saturated rings. The monoisotopic (exact) mass is 610 g/mol. The van der Waals surface area contributed by atoms with Gasteiger partial charge in [0.05, 0.1) is 16.9 Å². The quantitative estimate of drug-likeness (QED) is 0.0746. The van der Waals surface area contributed by atoms with Crippen LogP contribution >= 0.6 is 0 Å². The third-order valence-electron chi connectivity index (χ3n) is 6.44. The summed E-state index contributed by atoms with van der Waals surface area (Å²) in [6.07, 6.45) is -1.26. The number of benzene rings is 1. The van der Waals surface area contributed by atoms with Crippen molar-refractivity contribution in [1.29, 1.82) is 0 Å². The summed E-state index contributed by atoms with van der Waals surface area (Å²) in [5.74, 6) is -2.88. The second-order valence-electron chi connectivity index (χ2n) is 9.32. The molecule has 5 N–H and O–H groups in total. The lowest BCUT2D eigenvalue weighted by molar-refractivity contribution is -0.137. The number of nitrogens with one attached hydrogen (secondary N) is 3. The van der Waals surface area contributed by atoms with Crippen molar-refractivity contribution in [3.05, 3.63) is 64.5 Å². The molecule has 2 heterocycles. The lowest BCUT2D eigenvalue weighted by Crippen LogP contribution is -2.29. The molecule has 0 aliphatic rings. The molecule has 0 amide bonds. The Morgan fingerprint density at radius 3 is 2.44 bits per heavy atom. The Bertz CT molecular complexity index is 1340. The van der Waals surface area contributed by atoms with Crippen LogP contribution in [0.15, 0.2) is 30.6 Å². The minimum atomic E-state index is -5.07. The lowest BCUT2D eigenvalue weighted by atomic mass is 9.95. The maximum absolute atomic E-state index is 16.1. The third-order valence-corrected chi connectivity index (χ3v) is 6.44. The predicted molar refractivity (Wildman–Crippen MR) is 158 cm³/mol. The van der Waals surface area contributed by atoms with Gasteiger partial charge in [-0.25, -0.2) is 13.8 Å². The van der Waals surface area contributed by atoms with Crippen molar-refractivity contribution in [1.82, 2.24) is 20.6 Å². The van der Waals surface area contributed by atoms with Crippen LogP contribution in [0.4, 0.5) is 33.3 Å². The fourth-order valence-electron chi connectivity index (χ4n) is 4.28. The number of carbonyl (C=O) groups excluding carboxylic acids is 1. The number of aldehydes is 1. The molecule has 0 saturated heterocycles. The number of nitrogens with zero attached hydrogens (tertiary/aromatic N) is 2. The summed E-state index contributed by atoms with van der Waals surface area (Å²) in [6, 6.07) is 4.03. The number of nitrogens with two attached hydrogens (primary N) is 1. The van der Waals surface area contributed by atoms with Gasteiger partial charge in [-0.05, 0) is 56.6 Å². The predicted octanol–water partition coefficient (Wildman–Crippen LogP) is 6.14. The fourth-order valence-corrected chi connectivity index (χ4v) is 4.28. The Hall–Kier alpha value is -3.84. The second-order valence-corrected chi connectivity index (χ2v) is 9.32. The molecule has 1 atom stereocenters. The van der Waals surface area contributed by atoms with Crippen LogP contribution in [0.2, 0.25) is 0 Å². The molecule has 0 aliphatic carbocycles. The Morgan fingerprint density at radius 1 is 1.14 bits per heavy atom. The van der Waals surface area contributed by atoms with E-state index >= 15 is 4.39 Å². The summed E-state index contributed by atoms with van der Waals surface area (Å²) in [5.41, 5.74) is 1.14. The maximum atomic E-state index is 16.1. The van der Waals surface area contributed by atoms with Crippen LogP contribution in [0.5, 0.6) is 5.88 Å². The number of alkyl halides is 3. The maximum Gasteiger partial charge on any atom is 0.417 e. The Morgan fingerprint density at radius 2 is 1.86 bits per heavy atom. The van der Waals surface area contributed by atoms with E-state index in [1.807, 2.05) is 27.8 Å². The average Bonchev–Trinajstić information content (AvgIpc) is 2.99. The number of anilines is 2. The van der Waals surface area contributed by atoms with Crippen molar-refractivity contribution < 1.29 is 31.5 Å². The van der Waals surface area contributed by atoms with Crippen molar-refractivity contribution in [2.75, 3.05) is 37.7 Å². The van der Waals surface area contributed by atoms with Crippen LogP contribution in [0, 0.1) is 18.6 Å². The molecule has 0 aliphatic heterocycles. The molecule has 43 heavy (non-hydrogen) atoms. The molecule has 0 spiro atoms. The van der Waals surface area contributed by atoms with Gasteiger partial charge in [0.2, 0.25) is 5.88 Å². The number of pyridine rings is 2. The topological polar surface area (TPSA) is 114 Å². The summed E-state index contributed by atoms with van der Waals surface area (Å²) >= 11 is 0. The molecule has 3 aromatic rings. The lowest BCUT2D eigenvalue weighted by Gasteiger charge is -2.23. The zero-order chi connectivity index (χ0) is 32.2. The molecular weight excluding hydrogens is 571 g/mol. The van der Waals surface area contributed by atoms with E-state index in [1.54, 1.807) is 12.1 Å². The van der Waals surface area contributed by atoms with Crippen molar-refractivity contribution in [2.45, 2.75) is 59.4 Å². The zero-order valence-corrected chi connectivity index (χ0v) is 25.0. The molecule has 3 rings (SSSR count). The number of hydrogen-bond acceptors (Lipinski definition) is 8. The van der Waals surface area contributed by atoms with Crippen LogP contribution in [-0.2, 0) is 12.7 Å². The summed E-state index contributed by atoms with van der Waals surface area (Å²) in [5, 5.41) is 9.01. The van der Waals surface area contributed by atoms with Crippen molar-refractivity contribution in [2.24, 2.45) is 0 Å². The van der Waals surface area contributed by atoms with Crippen molar-refractivity contribution >= 4 is 17.7 Å². The summed E-state index contributed by atoms with van der Waals surface area (Å²) in [7, 11) is 1.82. The van der Waals surface area contributed by atoms with Gasteiger partial charge < -0.3 is 26.4 Å². The number of likely N-dealkylation sites (N-methyl/N-ethyl adjacent to an activating group) is 1. The number of ether oxygens (including phenoxy) is 1. The van der Waals surface area contributed by atoms with Crippen LogP contribution < -0.4 is 26.4 Å². The van der Waals surface area contributed by atoms with Gasteiger partial charge in [0.25, 0.3) is 0 Å². The number of rotatable bonds is 14. The van der Waals surface area contributed by atoms with Gasteiger partial charge in [0.1, 0.15) is 23.2 Å². The van der Waals surface area contributed by atoms with E-state index in [4.69, 9.17) is 10.5 Å². The first-order chi connectivity index (χ1) is 20.5. The molecule has 0 saturated carbocycles. The Labute approximate surface area is 248 Å². The molecular formula is C30H39F5N6O2. The smallest absolute Gasteiger partial charge is 0.417 e. The van der Waals surface area contributed by atoms with Gasteiger partial charge >= 0.3 is 6.18 Å². The highest BCUT2D eigenvalue weighted by molar-refractivity contribution is 5.90. The van der Waals surface area contributed by atoms with Gasteiger partial charge in [-0.1, -0.05) is 26.8 Å². The fraction of sp³-hybridized carbons (Fsp3) is 0.433. The van der Waals surface area contributed by atoms with E-state index in [2.05, 4.69) is 25.9 Å². The minimum Gasteiger partial charge on any atom is -0.474 e. The summed E-state index contributed by atoms with van der Waals surface area (Å²) < 4.78 is 79.1. The molecule has 1 unspecified atom stereocenters. The number of aromatic nitrogens is 2. The second kappa shape index (κ2) is 16.7. The first-order valence-corrected chi connectivity index (χ1v) is 14.0. The molecule has 8 nitrogen and oxygen atoms in total. The van der Waals surface area contributed by atoms with E-state index in [9.17, 15) is 22.4 Å². The number of carbonyl (C=O) groups is 1. The Kier molecular flexibility index (Phi) is 13.7.